The standard InChI is InChI=1S/C16H25NO2/c1-16(2,3)14-10-12(5-6-15(14)18)9-13-11-17(4)7-8-19-13/h5-6,10,13,18H,7-9,11H2,1-4H3. The average molecular weight is 263 g/mol. The Morgan fingerprint density at radius 3 is 2.74 bits per heavy atom. The number of ether oxygens (including phenoxy) is 1. The molecule has 0 radical (unpaired) electrons. The maximum absolute atomic E-state index is 9.98. The molecule has 1 fully saturated rings. The minimum atomic E-state index is -0.0374. The minimum Gasteiger partial charge on any atom is -0.508 e. The third-order valence-corrected chi connectivity index (χ3v) is 3.67. The van der Waals surface area contributed by atoms with Gasteiger partial charge in [-0.25, -0.2) is 0 Å². The zero-order chi connectivity index (χ0) is 14.0. The van der Waals surface area contributed by atoms with Crippen LogP contribution in [0.5, 0.6) is 5.75 Å². The Hall–Kier alpha value is -1.06. The number of benzene rings is 1. The molecule has 1 N–H and O–H groups in total. The molecular formula is C16H25NO2. The summed E-state index contributed by atoms with van der Waals surface area (Å²) in [7, 11) is 2.13. The van der Waals surface area contributed by atoms with Crippen LogP contribution in [0.3, 0.4) is 0 Å². The van der Waals surface area contributed by atoms with Gasteiger partial charge in [0, 0.05) is 13.1 Å². The predicted molar refractivity (Wildman–Crippen MR) is 77.7 cm³/mol. The van der Waals surface area contributed by atoms with Gasteiger partial charge in [-0.05, 0) is 36.1 Å². The van der Waals surface area contributed by atoms with Gasteiger partial charge in [0.05, 0.1) is 12.7 Å². The summed E-state index contributed by atoms with van der Waals surface area (Å²) in [4.78, 5) is 2.30. The van der Waals surface area contributed by atoms with Gasteiger partial charge in [-0.2, -0.15) is 0 Å². The molecule has 3 nitrogen and oxygen atoms in total. The van der Waals surface area contributed by atoms with Gasteiger partial charge in [-0.1, -0.05) is 32.9 Å². The molecule has 1 aromatic rings. The highest BCUT2D eigenvalue weighted by Gasteiger charge is 2.21. The molecule has 1 aromatic carbocycles. The van der Waals surface area contributed by atoms with Gasteiger partial charge in [0.25, 0.3) is 0 Å². The van der Waals surface area contributed by atoms with E-state index in [1.165, 1.54) is 5.56 Å². The summed E-state index contributed by atoms with van der Waals surface area (Å²) in [5.41, 5.74) is 2.21. The van der Waals surface area contributed by atoms with Crippen LogP contribution in [0.25, 0.3) is 0 Å². The van der Waals surface area contributed by atoms with E-state index in [9.17, 15) is 5.11 Å². The molecule has 0 amide bonds. The lowest BCUT2D eigenvalue weighted by atomic mass is 9.85. The molecule has 2 rings (SSSR count). The zero-order valence-corrected chi connectivity index (χ0v) is 12.4. The second-order valence-electron chi connectivity index (χ2n) is 6.56. The number of likely N-dealkylation sites (N-methyl/N-ethyl adjacent to an activating group) is 1. The first kappa shape index (κ1) is 14.4. The summed E-state index contributed by atoms with van der Waals surface area (Å²) >= 11 is 0. The topological polar surface area (TPSA) is 32.7 Å². The zero-order valence-electron chi connectivity index (χ0n) is 12.4. The van der Waals surface area contributed by atoms with Gasteiger partial charge in [0.2, 0.25) is 0 Å². The number of hydrogen-bond acceptors (Lipinski definition) is 3. The quantitative estimate of drug-likeness (QED) is 0.890. The Kier molecular flexibility index (Phi) is 4.16. The summed E-state index contributed by atoms with van der Waals surface area (Å²) in [6.45, 7) is 9.17. The molecule has 1 atom stereocenters. The van der Waals surface area contributed by atoms with Gasteiger partial charge in [0.1, 0.15) is 5.75 Å². The third kappa shape index (κ3) is 3.71. The third-order valence-electron chi connectivity index (χ3n) is 3.67. The molecule has 1 aliphatic heterocycles. The normalized spacial score (nSPS) is 21.6. The molecular weight excluding hydrogens is 238 g/mol. The molecule has 1 aliphatic rings. The van der Waals surface area contributed by atoms with Crippen LogP contribution in [0.2, 0.25) is 0 Å². The Bertz CT molecular complexity index is 437. The van der Waals surface area contributed by atoms with Crippen molar-refractivity contribution >= 4 is 0 Å². The fraction of sp³-hybridized carbons (Fsp3) is 0.625. The summed E-state index contributed by atoms with van der Waals surface area (Å²) in [6.07, 6.45) is 1.17. The average Bonchev–Trinajstić information content (AvgIpc) is 2.30. The van der Waals surface area contributed by atoms with Crippen molar-refractivity contribution in [2.45, 2.75) is 38.7 Å². The summed E-state index contributed by atoms with van der Waals surface area (Å²) < 4.78 is 5.80. The van der Waals surface area contributed by atoms with E-state index in [-0.39, 0.29) is 11.5 Å². The van der Waals surface area contributed by atoms with Crippen molar-refractivity contribution in [3.8, 4) is 5.75 Å². The second kappa shape index (κ2) is 5.51. The van der Waals surface area contributed by atoms with Gasteiger partial charge >= 0.3 is 0 Å². The van der Waals surface area contributed by atoms with Crippen LogP contribution in [0.4, 0.5) is 0 Å². The van der Waals surface area contributed by atoms with E-state index in [4.69, 9.17) is 4.74 Å². The van der Waals surface area contributed by atoms with Crippen LogP contribution in [-0.4, -0.2) is 42.9 Å². The molecule has 1 heterocycles. The van der Waals surface area contributed by atoms with Crippen molar-refractivity contribution in [3.05, 3.63) is 29.3 Å². The van der Waals surface area contributed by atoms with Crippen LogP contribution < -0.4 is 0 Å². The van der Waals surface area contributed by atoms with Crippen LogP contribution >= 0.6 is 0 Å². The number of morpholine rings is 1. The van der Waals surface area contributed by atoms with E-state index in [0.29, 0.717) is 5.75 Å². The van der Waals surface area contributed by atoms with Crippen molar-refractivity contribution in [2.75, 3.05) is 26.7 Å². The number of rotatable bonds is 2. The lowest BCUT2D eigenvalue weighted by molar-refractivity contribution is -0.0185. The second-order valence-corrected chi connectivity index (χ2v) is 6.56. The fourth-order valence-electron chi connectivity index (χ4n) is 2.56. The molecule has 1 saturated heterocycles. The van der Waals surface area contributed by atoms with Crippen molar-refractivity contribution in [3.63, 3.8) is 0 Å². The Morgan fingerprint density at radius 2 is 2.11 bits per heavy atom. The van der Waals surface area contributed by atoms with Gasteiger partial charge in [-0.15, -0.1) is 0 Å². The number of aromatic hydroxyl groups is 1. The summed E-state index contributed by atoms with van der Waals surface area (Å²) in [6, 6.07) is 5.93. The highest BCUT2D eigenvalue weighted by Crippen LogP contribution is 2.31. The van der Waals surface area contributed by atoms with E-state index in [1.807, 2.05) is 12.1 Å². The monoisotopic (exact) mass is 263 g/mol. The number of phenols is 1. The number of phenolic OH excluding ortho intramolecular Hbond substituents is 1. The Balaban J connectivity index is 2.13. The van der Waals surface area contributed by atoms with Gasteiger partial charge < -0.3 is 14.7 Å². The van der Waals surface area contributed by atoms with E-state index in [2.05, 4.69) is 38.8 Å². The maximum atomic E-state index is 9.98. The molecule has 106 valence electrons. The van der Waals surface area contributed by atoms with Crippen molar-refractivity contribution in [1.82, 2.24) is 4.90 Å². The van der Waals surface area contributed by atoms with Crippen LogP contribution in [-0.2, 0) is 16.6 Å². The molecule has 1 unspecified atom stereocenters. The molecule has 0 saturated carbocycles. The highest BCUT2D eigenvalue weighted by molar-refractivity contribution is 5.40. The molecule has 0 aromatic heterocycles. The largest absolute Gasteiger partial charge is 0.508 e. The number of hydrogen-bond donors (Lipinski definition) is 1. The molecule has 0 spiro atoms. The van der Waals surface area contributed by atoms with Crippen molar-refractivity contribution < 1.29 is 9.84 Å². The lowest BCUT2D eigenvalue weighted by Gasteiger charge is -2.30. The van der Waals surface area contributed by atoms with Crippen molar-refractivity contribution in [1.29, 1.82) is 0 Å². The summed E-state index contributed by atoms with van der Waals surface area (Å²) in [5, 5.41) is 9.98. The smallest absolute Gasteiger partial charge is 0.119 e. The summed E-state index contributed by atoms with van der Waals surface area (Å²) in [5.74, 6) is 0.387. The Labute approximate surface area is 116 Å². The first-order valence-electron chi connectivity index (χ1n) is 6.99. The minimum absolute atomic E-state index is 0.0374. The van der Waals surface area contributed by atoms with Crippen LogP contribution in [0.15, 0.2) is 18.2 Å². The van der Waals surface area contributed by atoms with Crippen molar-refractivity contribution in [2.24, 2.45) is 0 Å². The Morgan fingerprint density at radius 1 is 1.37 bits per heavy atom. The fourth-order valence-corrected chi connectivity index (χ4v) is 2.56. The SMILES string of the molecule is CN1CCOC(Cc2ccc(O)c(C(C)(C)C)c2)C1. The van der Waals surface area contributed by atoms with E-state index in [1.54, 1.807) is 0 Å². The van der Waals surface area contributed by atoms with Crippen LogP contribution in [0, 0.1) is 0 Å². The molecule has 19 heavy (non-hydrogen) atoms. The van der Waals surface area contributed by atoms with E-state index >= 15 is 0 Å². The van der Waals surface area contributed by atoms with E-state index in [0.717, 1.165) is 31.7 Å². The molecule has 0 aliphatic carbocycles. The number of nitrogens with zero attached hydrogens (tertiary/aromatic N) is 1. The molecule has 0 bridgehead atoms. The van der Waals surface area contributed by atoms with Gasteiger partial charge in [-0.3, -0.25) is 0 Å². The van der Waals surface area contributed by atoms with E-state index < -0.39 is 0 Å². The first-order valence-corrected chi connectivity index (χ1v) is 6.99. The predicted octanol–water partition coefficient (Wildman–Crippen LogP) is 2.56. The lowest BCUT2D eigenvalue weighted by Crippen LogP contribution is -2.40. The van der Waals surface area contributed by atoms with Gasteiger partial charge in [0.15, 0.2) is 0 Å². The highest BCUT2D eigenvalue weighted by atomic mass is 16.5. The van der Waals surface area contributed by atoms with Crippen LogP contribution in [0.1, 0.15) is 31.9 Å². The molecule has 3 heteroatoms. The maximum Gasteiger partial charge on any atom is 0.119 e. The first-order chi connectivity index (χ1) is 8.86.